The number of hydrogen-bond donors (Lipinski definition) is 0. The van der Waals surface area contributed by atoms with E-state index in [1.54, 1.807) is 29.9 Å². The lowest BCUT2D eigenvalue weighted by Crippen LogP contribution is -2.42. The Bertz CT molecular complexity index is 3320. The summed E-state index contributed by atoms with van der Waals surface area (Å²) >= 11 is 2.90. The number of para-hydroxylation sites is 4. The van der Waals surface area contributed by atoms with Gasteiger partial charge < -0.3 is 17.9 Å². The molecule has 14 heteroatoms. The Kier molecular flexibility index (Phi) is 7.24. The third-order valence-corrected chi connectivity index (χ3v) is 12.3. The summed E-state index contributed by atoms with van der Waals surface area (Å²) in [6.07, 6.45) is 4.71. The molecule has 0 aliphatic heterocycles. The molecule has 0 saturated carbocycles. The van der Waals surface area contributed by atoms with Crippen molar-refractivity contribution in [3.8, 4) is 0 Å². The van der Waals surface area contributed by atoms with Gasteiger partial charge in [-0.05, 0) is 66.1 Å². The first-order valence-corrected chi connectivity index (χ1v) is 19.9. The summed E-state index contributed by atoms with van der Waals surface area (Å²) in [4.78, 5) is 15.5. The Labute approximate surface area is 335 Å². The van der Waals surface area contributed by atoms with Crippen molar-refractivity contribution < 1.29 is 17.9 Å². The standard InChI is InChI=1S/C44H24N8O4S2/c1-3-11-26-24(9-1)23-34(49-48-26)44(33-18-22-57-52-33)38(42-45-19-21-53-42)35(29-17-20-54-50-29)36(41-46-27-12-4-7-15-31(27)55-41)37(40-25-10-2-6-14-30(25)56-51-40)39(44)43-47-28-13-5-8-16-32(28)58-43/h1-23,39H. The molecule has 0 bridgehead atoms. The van der Waals surface area contributed by atoms with Crippen LogP contribution in [0.5, 0.6) is 0 Å². The third-order valence-electron chi connectivity index (χ3n) is 10.7. The topological polar surface area (TPSA) is 156 Å². The van der Waals surface area contributed by atoms with Crippen molar-refractivity contribution in [2.45, 2.75) is 11.3 Å². The molecule has 58 heavy (non-hydrogen) atoms. The van der Waals surface area contributed by atoms with E-state index in [4.69, 9.17) is 52.6 Å². The van der Waals surface area contributed by atoms with E-state index in [9.17, 15) is 0 Å². The van der Waals surface area contributed by atoms with Crippen molar-refractivity contribution >= 4 is 88.4 Å². The van der Waals surface area contributed by atoms with Crippen LogP contribution in [0.1, 0.15) is 45.5 Å². The first-order chi connectivity index (χ1) is 28.8. The van der Waals surface area contributed by atoms with Crippen LogP contribution in [0, 0.1) is 0 Å². The molecule has 0 radical (unpaired) electrons. The Morgan fingerprint density at radius 3 is 2.31 bits per heavy atom. The maximum absolute atomic E-state index is 6.78. The molecular formula is C44H24N8O4S2. The lowest BCUT2D eigenvalue weighted by Gasteiger charge is -2.44. The molecule has 7 aromatic heterocycles. The van der Waals surface area contributed by atoms with Crippen molar-refractivity contribution in [2.75, 3.05) is 0 Å². The van der Waals surface area contributed by atoms with E-state index in [0.29, 0.717) is 73.5 Å². The molecule has 12 rings (SSSR count). The quantitative estimate of drug-likeness (QED) is 0.151. The van der Waals surface area contributed by atoms with Crippen molar-refractivity contribution in [3.63, 3.8) is 0 Å². The first kappa shape index (κ1) is 32.8. The molecule has 7 heterocycles. The van der Waals surface area contributed by atoms with Gasteiger partial charge in [-0.25, -0.2) is 15.0 Å². The van der Waals surface area contributed by atoms with Gasteiger partial charge in [-0.15, -0.1) is 11.3 Å². The van der Waals surface area contributed by atoms with Gasteiger partial charge in [0, 0.05) is 38.9 Å². The van der Waals surface area contributed by atoms with Crippen molar-refractivity contribution in [3.05, 3.63) is 179 Å². The predicted molar refractivity (Wildman–Crippen MR) is 219 cm³/mol. The summed E-state index contributed by atoms with van der Waals surface area (Å²) in [5.74, 6) is -0.156. The molecule has 12 nitrogen and oxygen atoms in total. The first-order valence-electron chi connectivity index (χ1n) is 18.3. The highest BCUT2D eigenvalue weighted by Crippen LogP contribution is 2.66. The average Bonchev–Trinajstić information content (AvgIpc) is 4.13. The van der Waals surface area contributed by atoms with Crippen LogP contribution in [-0.2, 0) is 5.41 Å². The van der Waals surface area contributed by atoms with Crippen LogP contribution in [-0.4, -0.2) is 39.8 Å². The Hall–Kier alpha value is -7.42. The predicted octanol–water partition coefficient (Wildman–Crippen LogP) is 10.3. The highest BCUT2D eigenvalue weighted by molar-refractivity contribution is 7.18. The van der Waals surface area contributed by atoms with Gasteiger partial charge in [-0.2, -0.15) is 14.6 Å². The maximum atomic E-state index is 6.78. The summed E-state index contributed by atoms with van der Waals surface area (Å²) in [6.45, 7) is 0. The molecule has 4 aromatic carbocycles. The fourth-order valence-electron chi connectivity index (χ4n) is 8.32. The van der Waals surface area contributed by atoms with E-state index in [1.807, 2.05) is 102 Å². The van der Waals surface area contributed by atoms with Crippen molar-refractivity contribution in [2.24, 2.45) is 0 Å². The van der Waals surface area contributed by atoms with E-state index < -0.39 is 11.3 Å². The lowest BCUT2D eigenvalue weighted by molar-refractivity contribution is 0.417. The molecule has 0 amide bonds. The summed E-state index contributed by atoms with van der Waals surface area (Å²) in [6, 6.07) is 37.3. The number of allylic oxidation sites excluding steroid dienone is 4. The largest absolute Gasteiger partial charge is 0.445 e. The Balaban J connectivity index is 1.37. The smallest absolute Gasteiger partial charge is 0.228 e. The summed E-state index contributed by atoms with van der Waals surface area (Å²) < 4.78 is 31.2. The van der Waals surface area contributed by atoms with Gasteiger partial charge in [0.2, 0.25) is 11.8 Å². The number of benzene rings is 4. The van der Waals surface area contributed by atoms with E-state index in [0.717, 1.165) is 31.5 Å². The number of oxazole rings is 2. The fourth-order valence-corrected chi connectivity index (χ4v) is 10.0. The molecule has 2 unspecified atom stereocenters. The number of rotatable bonds is 7. The Morgan fingerprint density at radius 1 is 0.672 bits per heavy atom. The second kappa shape index (κ2) is 12.8. The molecule has 0 spiro atoms. The van der Waals surface area contributed by atoms with Crippen LogP contribution in [0.2, 0.25) is 0 Å². The number of hydrogen-bond acceptors (Lipinski definition) is 14. The Morgan fingerprint density at radius 2 is 1.50 bits per heavy atom. The molecule has 1 aliphatic carbocycles. The highest BCUT2D eigenvalue weighted by Gasteiger charge is 2.59. The van der Waals surface area contributed by atoms with E-state index >= 15 is 0 Å². The van der Waals surface area contributed by atoms with E-state index in [1.165, 1.54) is 17.8 Å². The van der Waals surface area contributed by atoms with Gasteiger partial charge in [0.1, 0.15) is 39.9 Å². The number of nitrogens with zero attached hydrogens (tertiary/aromatic N) is 8. The van der Waals surface area contributed by atoms with E-state index in [-0.39, 0.29) is 0 Å². The van der Waals surface area contributed by atoms with Gasteiger partial charge in [0.05, 0.1) is 44.8 Å². The van der Waals surface area contributed by atoms with Gasteiger partial charge in [0.25, 0.3) is 0 Å². The van der Waals surface area contributed by atoms with Crippen LogP contribution in [0.3, 0.4) is 0 Å². The molecule has 1 aliphatic rings. The summed E-state index contributed by atoms with van der Waals surface area (Å²) in [5, 5.41) is 23.8. The van der Waals surface area contributed by atoms with Crippen LogP contribution < -0.4 is 0 Å². The zero-order valence-corrected chi connectivity index (χ0v) is 31.5. The second-order valence-corrected chi connectivity index (χ2v) is 15.4. The van der Waals surface area contributed by atoms with Gasteiger partial charge in [-0.1, -0.05) is 64.9 Å². The number of aromatic nitrogens is 8. The van der Waals surface area contributed by atoms with Crippen LogP contribution in [0.15, 0.2) is 157 Å². The zero-order chi connectivity index (χ0) is 38.2. The van der Waals surface area contributed by atoms with Crippen LogP contribution in [0.25, 0.3) is 65.5 Å². The molecular weight excluding hydrogens is 769 g/mol. The maximum Gasteiger partial charge on any atom is 0.228 e. The van der Waals surface area contributed by atoms with Crippen LogP contribution >= 0.6 is 22.9 Å². The van der Waals surface area contributed by atoms with E-state index in [2.05, 4.69) is 17.3 Å². The fraction of sp³-hybridized carbons (Fsp3) is 0.0455. The van der Waals surface area contributed by atoms with Gasteiger partial charge in [-0.3, -0.25) is 0 Å². The normalized spacial score (nSPS) is 17.4. The molecule has 0 N–H and O–H groups in total. The molecule has 0 fully saturated rings. The minimum atomic E-state index is -1.38. The zero-order valence-electron chi connectivity index (χ0n) is 29.9. The SMILES string of the molecule is c1ccc2nnc(C3(c4ccsn4)C(c4ncco4)=C(c4ccon4)C(c4nc5ccccc5o4)=C(c4noc5ccccc45)C3c3nc4ccccc4s3)cc2c1. The summed E-state index contributed by atoms with van der Waals surface area (Å²) in [5.41, 5.74) is 6.68. The average molecular weight is 793 g/mol. The molecule has 276 valence electrons. The van der Waals surface area contributed by atoms with Gasteiger partial charge in [0.15, 0.2) is 11.2 Å². The molecule has 11 aromatic rings. The monoisotopic (exact) mass is 792 g/mol. The van der Waals surface area contributed by atoms with Crippen molar-refractivity contribution in [1.82, 2.24) is 39.8 Å². The number of thiazole rings is 1. The minimum absolute atomic E-state index is 0.296. The minimum Gasteiger partial charge on any atom is -0.445 e. The van der Waals surface area contributed by atoms with Crippen molar-refractivity contribution in [1.29, 1.82) is 0 Å². The lowest BCUT2D eigenvalue weighted by atomic mass is 9.56. The second-order valence-electron chi connectivity index (χ2n) is 13.7. The number of fused-ring (bicyclic) bond motifs is 4. The van der Waals surface area contributed by atoms with Gasteiger partial charge >= 0.3 is 0 Å². The third kappa shape index (κ3) is 4.79. The molecule has 0 saturated heterocycles. The highest BCUT2D eigenvalue weighted by atomic mass is 32.1. The van der Waals surface area contributed by atoms with Crippen LogP contribution in [0.4, 0.5) is 0 Å². The summed E-state index contributed by atoms with van der Waals surface area (Å²) in [7, 11) is 0. The molecule has 2 atom stereocenters.